The molecule has 0 saturated carbocycles. The van der Waals surface area contributed by atoms with Gasteiger partial charge in [0.25, 0.3) is 0 Å². The first-order valence-electron chi connectivity index (χ1n) is 5.52. The van der Waals surface area contributed by atoms with Crippen molar-refractivity contribution in [3.63, 3.8) is 0 Å². The van der Waals surface area contributed by atoms with E-state index in [9.17, 15) is 0 Å². The molecule has 0 atom stereocenters. The lowest BCUT2D eigenvalue weighted by Gasteiger charge is -2.22. The smallest absolute Gasteiger partial charge is 0.188 e. The summed E-state index contributed by atoms with van der Waals surface area (Å²) in [5, 5.41) is 3.01. The molecule has 0 radical (unpaired) electrons. The number of rotatable bonds is 5. The molecule has 0 aromatic heterocycles. The Morgan fingerprint density at radius 2 is 1.71 bits per heavy atom. The fraction of sp³-hybridized carbons (Fsp3) is 0.909. The van der Waals surface area contributed by atoms with Gasteiger partial charge in [0.1, 0.15) is 0 Å². The molecule has 0 bridgehead atoms. The lowest BCUT2D eigenvalue weighted by Crippen LogP contribution is -2.32. The molecule has 14 heavy (non-hydrogen) atoms. The molecule has 0 spiro atoms. The molecular weight excluding hydrogens is 174 g/mol. The zero-order chi connectivity index (χ0) is 11.1. The summed E-state index contributed by atoms with van der Waals surface area (Å²) in [7, 11) is 0. The van der Waals surface area contributed by atoms with Crippen LogP contribution in [0.25, 0.3) is 0 Å². The summed E-state index contributed by atoms with van der Waals surface area (Å²) in [5.41, 5.74) is 5.67. The SMILES string of the molecule is CCNC(N)=NCC(C(C)C)C(C)C. The van der Waals surface area contributed by atoms with Gasteiger partial charge in [0, 0.05) is 13.1 Å². The van der Waals surface area contributed by atoms with Gasteiger partial charge in [0.15, 0.2) is 5.96 Å². The Labute approximate surface area is 88.2 Å². The molecule has 0 aromatic rings. The highest BCUT2D eigenvalue weighted by Gasteiger charge is 2.16. The number of hydrogen-bond donors (Lipinski definition) is 2. The van der Waals surface area contributed by atoms with E-state index in [4.69, 9.17) is 5.73 Å². The van der Waals surface area contributed by atoms with Gasteiger partial charge in [-0.2, -0.15) is 0 Å². The van der Waals surface area contributed by atoms with Crippen molar-refractivity contribution in [1.82, 2.24) is 5.32 Å². The van der Waals surface area contributed by atoms with Crippen LogP contribution in [0.15, 0.2) is 4.99 Å². The Balaban J connectivity index is 4.11. The molecule has 0 fully saturated rings. The van der Waals surface area contributed by atoms with Crippen molar-refractivity contribution in [2.45, 2.75) is 34.6 Å². The van der Waals surface area contributed by atoms with Gasteiger partial charge in [-0.1, -0.05) is 27.7 Å². The number of nitrogens with zero attached hydrogens (tertiary/aromatic N) is 1. The van der Waals surface area contributed by atoms with E-state index in [1.165, 1.54) is 0 Å². The third kappa shape index (κ3) is 5.10. The topological polar surface area (TPSA) is 50.4 Å². The normalized spacial score (nSPS) is 13.0. The predicted octanol–water partition coefficient (Wildman–Crippen LogP) is 1.84. The van der Waals surface area contributed by atoms with Gasteiger partial charge >= 0.3 is 0 Å². The van der Waals surface area contributed by atoms with Crippen LogP contribution in [0.2, 0.25) is 0 Å². The fourth-order valence-electron chi connectivity index (χ4n) is 1.63. The summed E-state index contributed by atoms with van der Waals surface area (Å²) in [6.07, 6.45) is 0. The lowest BCUT2D eigenvalue weighted by molar-refractivity contribution is 0.297. The maximum absolute atomic E-state index is 5.67. The van der Waals surface area contributed by atoms with Crippen LogP contribution in [-0.2, 0) is 0 Å². The highest BCUT2D eigenvalue weighted by Crippen LogP contribution is 2.20. The van der Waals surface area contributed by atoms with Gasteiger partial charge in [0.2, 0.25) is 0 Å². The van der Waals surface area contributed by atoms with Gasteiger partial charge in [-0.25, -0.2) is 0 Å². The van der Waals surface area contributed by atoms with Crippen LogP contribution in [0.5, 0.6) is 0 Å². The van der Waals surface area contributed by atoms with E-state index < -0.39 is 0 Å². The molecular formula is C11H25N3. The van der Waals surface area contributed by atoms with Crippen molar-refractivity contribution in [1.29, 1.82) is 0 Å². The maximum atomic E-state index is 5.67. The van der Waals surface area contributed by atoms with Gasteiger partial charge in [0.05, 0.1) is 0 Å². The van der Waals surface area contributed by atoms with Crippen molar-refractivity contribution in [3.8, 4) is 0 Å². The van der Waals surface area contributed by atoms with Crippen LogP contribution in [0.3, 0.4) is 0 Å². The van der Waals surface area contributed by atoms with E-state index in [2.05, 4.69) is 38.0 Å². The Morgan fingerprint density at radius 3 is 2.07 bits per heavy atom. The van der Waals surface area contributed by atoms with Crippen LogP contribution in [-0.4, -0.2) is 19.0 Å². The first kappa shape index (κ1) is 13.3. The van der Waals surface area contributed by atoms with Crippen molar-refractivity contribution in [3.05, 3.63) is 0 Å². The van der Waals surface area contributed by atoms with Gasteiger partial charge in [-0.15, -0.1) is 0 Å². The second-order valence-corrected chi connectivity index (χ2v) is 4.41. The van der Waals surface area contributed by atoms with Crippen molar-refractivity contribution >= 4 is 5.96 Å². The summed E-state index contributed by atoms with van der Waals surface area (Å²) < 4.78 is 0. The summed E-state index contributed by atoms with van der Waals surface area (Å²) in [6.45, 7) is 12.6. The molecule has 3 N–H and O–H groups in total. The highest BCUT2D eigenvalue weighted by molar-refractivity contribution is 5.77. The van der Waals surface area contributed by atoms with Crippen molar-refractivity contribution in [2.24, 2.45) is 28.5 Å². The van der Waals surface area contributed by atoms with Crippen LogP contribution < -0.4 is 11.1 Å². The average molecular weight is 199 g/mol. The Hall–Kier alpha value is -0.730. The Bertz CT molecular complexity index is 165. The van der Waals surface area contributed by atoms with Gasteiger partial charge in [-0.05, 0) is 24.7 Å². The number of guanidine groups is 1. The Kier molecular flexibility index (Phi) is 6.34. The molecule has 0 aliphatic carbocycles. The monoisotopic (exact) mass is 199 g/mol. The zero-order valence-electron chi connectivity index (χ0n) is 10.2. The zero-order valence-corrected chi connectivity index (χ0v) is 10.2. The first-order chi connectivity index (χ1) is 6.49. The van der Waals surface area contributed by atoms with Crippen LogP contribution in [0.4, 0.5) is 0 Å². The number of nitrogens with two attached hydrogens (primary N) is 1. The quantitative estimate of drug-likeness (QED) is 0.524. The number of hydrogen-bond acceptors (Lipinski definition) is 1. The second-order valence-electron chi connectivity index (χ2n) is 4.41. The first-order valence-corrected chi connectivity index (χ1v) is 5.52. The van der Waals surface area contributed by atoms with Gasteiger partial charge < -0.3 is 11.1 Å². The molecule has 84 valence electrons. The molecule has 0 aliphatic rings. The summed E-state index contributed by atoms with van der Waals surface area (Å²) in [4.78, 5) is 4.34. The largest absolute Gasteiger partial charge is 0.370 e. The second kappa shape index (κ2) is 6.68. The minimum Gasteiger partial charge on any atom is -0.370 e. The van der Waals surface area contributed by atoms with Crippen LogP contribution >= 0.6 is 0 Å². The van der Waals surface area contributed by atoms with E-state index in [1.807, 2.05) is 6.92 Å². The van der Waals surface area contributed by atoms with Crippen molar-refractivity contribution in [2.75, 3.05) is 13.1 Å². The standard InChI is InChI=1S/C11H25N3/c1-6-13-11(12)14-7-10(8(2)3)9(4)5/h8-10H,6-7H2,1-5H3,(H3,12,13,14). The molecule has 0 aliphatic heterocycles. The molecule has 3 nitrogen and oxygen atoms in total. The minimum absolute atomic E-state index is 0.568. The lowest BCUT2D eigenvalue weighted by atomic mass is 9.86. The Morgan fingerprint density at radius 1 is 1.21 bits per heavy atom. The van der Waals surface area contributed by atoms with E-state index in [0.29, 0.717) is 23.7 Å². The molecule has 0 saturated heterocycles. The summed E-state index contributed by atoms with van der Waals surface area (Å²) >= 11 is 0. The number of nitrogens with one attached hydrogen (secondary N) is 1. The average Bonchev–Trinajstić information content (AvgIpc) is 2.03. The van der Waals surface area contributed by atoms with Crippen LogP contribution in [0, 0.1) is 17.8 Å². The van der Waals surface area contributed by atoms with E-state index in [1.54, 1.807) is 0 Å². The van der Waals surface area contributed by atoms with E-state index >= 15 is 0 Å². The molecule has 0 aromatic carbocycles. The predicted molar refractivity (Wildman–Crippen MR) is 63.3 cm³/mol. The maximum Gasteiger partial charge on any atom is 0.188 e. The fourth-order valence-corrected chi connectivity index (χ4v) is 1.63. The third-order valence-corrected chi connectivity index (χ3v) is 2.54. The number of aliphatic imine (C=N–C) groups is 1. The summed E-state index contributed by atoms with van der Waals surface area (Å²) in [6, 6.07) is 0. The van der Waals surface area contributed by atoms with E-state index in [0.717, 1.165) is 13.1 Å². The highest BCUT2D eigenvalue weighted by atomic mass is 15.1. The molecule has 0 amide bonds. The van der Waals surface area contributed by atoms with E-state index in [-0.39, 0.29) is 0 Å². The minimum atomic E-state index is 0.568. The van der Waals surface area contributed by atoms with Crippen molar-refractivity contribution < 1.29 is 0 Å². The molecule has 0 heterocycles. The molecule has 0 unspecified atom stereocenters. The van der Waals surface area contributed by atoms with Crippen LogP contribution in [0.1, 0.15) is 34.6 Å². The third-order valence-electron chi connectivity index (χ3n) is 2.54. The molecule has 0 rings (SSSR count). The summed E-state index contributed by atoms with van der Waals surface area (Å²) in [5.74, 6) is 2.51. The molecule has 3 heteroatoms. The van der Waals surface area contributed by atoms with Gasteiger partial charge in [-0.3, -0.25) is 4.99 Å².